The van der Waals surface area contributed by atoms with Crippen LogP contribution in [0.2, 0.25) is 0 Å². The van der Waals surface area contributed by atoms with Crippen LogP contribution >= 0.6 is 30.3 Å². The highest BCUT2D eigenvalue weighted by Crippen LogP contribution is 2.44. The second-order valence-electron chi connectivity index (χ2n) is 3.61. The molecule has 0 N–H and O–H groups in total. The molecule has 1 nitrogen and oxygen atoms in total. The molecule has 0 aromatic carbocycles. The standard InChI is InChI=1S/C9H9F3INS/c10-9(11,12)7-3-1-2-6-4-5-14(15-13)8(6)7/h4-5,7H,1-3H2. The highest BCUT2D eigenvalue weighted by Gasteiger charge is 2.44. The number of hydrogen-bond acceptors (Lipinski definition) is 1. The first-order valence-corrected chi connectivity index (χ1v) is 7.91. The minimum atomic E-state index is -4.11. The average Bonchev–Trinajstić information content (AvgIpc) is 2.58. The minimum Gasteiger partial charge on any atom is -0.286 e. The summed E-state index contributed by atoms with van der Waals surface area (Å²) in [6.07, 6.45) is -0.763. The molecule has 1 unspecified atom stereocenters. The second kappa shape index (κ2) is 4.20. The first-order valence-electron chi connectivity index (χ1n) is 4.60. The molecule has 0 radical (unpaired) electrons. The summed E-state index contributed by atoms with van der Waals surface area (Å²) in [5, 5.41) is 0. The highest BCUT2D eigenvalue weighted by atomic mass is 127. The molecule has 1 aromatic rings. The molecule has 1 atom stereocenters. The summed E-state index contributed by atoms with van der Waals surface area (Å²) < 4.78 is 40.0. The van der Waals surface area contributed by atoms with Crippen molar-refractivity contribution in [2.24, 2.45) is 0 Å². The van der Waals surface area contributed by atoms with Gasteiger partial charge in [-0.3, -0.25) is 3.97 Å². The van der Waals surface area contributed by atoms with Crippen LogP contribution in [0.25, 0.3) is 0 Å². The summed E-state index contributed by atoms with van der Waals surface area (Å²) in [5.41, 5.74) is 1.31. The molecule has 1 aliphatic carbocycles. The van der Waals surface area contributed by atoms with Gasteiger partial charge in [-0.25, -0.2) is 0 Å². The summed E-state index contributed by atoms with van der Waals surface area (Å²) in [5.74, 6) is -1.28. The Hall–Kier alpha value is 0.150. The van der Waals surface area contributed by atoms with Crippen LogP contribution in [-0.4, -0.2) is 10.1 Å². The van der Waals surface area contributed by atoms with Gasteiger partial charge in [-0.1, -0.05) is 0 Å². The lowest BCUT2D eigenvalue weighted by Crippen LogP contribution is -2.26. The first kappa shape index (κ1) is 11.6. The van der Waals surface area contributed by atoms with E-state index >= 15 is 0 Å². The fraction of sp³-hybridized carbons (Fsp3) is 0.556. The molecule has 1 heterocycles. The lowest BCUT2D eigenvalue weighted by atomic mass is 9.87. The third-order valence-electron chi connectivity index (χ3n) is 2.72. The largest absolute Gasteiger partial charge is 0.397 e. The number of aryl methyl sites for hydroxylation is 1. The number of halogens is 4. The SMILES string of the molecule is FC(F)(F)C1CCCc2ccn(SI)c21. The van der Waals surface area contributed by atoms with Gasteiger partial charge in [0.05, 0.1) is 5.92 Å². The molecule has 2 rings (SSSR count). The van der Waals surface area contributed by atoms with Gasteiger partial charge in [-0.05, 0) is 30.9 Å². The molecule has 84 valence electrons. The Labute approximate surface area is 102 Å². The van der Waals surface area contributed by atoms with E-state index in [1.54, 1.807) is 16.2 Å². The Balaban J connectivity index is 2.44. The number of alkyl halides is 3. The van der Waals surface area contributed by atoms with Gasteiger partial charge in [-0.2, -0.15) is 13.2 Å². The predicted octanol–water partition coefficient (Wildman–Crippen LogP) is 4.32. The molecule has 0 bridgehead atoms. The van der Waals surface area contributed by atoms with Crippen LogP contribution in [-0.2, 0) is 6.42 Å². The van der Waals surface area contributed by atoms with Crippen LogP contribution in [0, 0.1) is 0 Å². The normalized spacial score (nSPS) is 21.5. The van der Waals surface area contributed by atoms with E-state index in [0.29, 0.717) is 12.1 Å². The molecule has 15 heavy (non-hydrogen) atoms. The molecule has 0 spiro atoms. The van der Waals surface area contributed by atoms with Crippen molar-refractivity contribution < 1.29 is 13.2 Å². The molecular weight excluding hydrogens is 338 g/mol. The van der Waals surface area contributed by atoms with Crippen LogP contribution in [0.4, 0.5) is 13.2 Å². The number of hydrogen-bond donors (Lipinski definition) is 0. The van der Waals surface area contributed by atoms with E-state index in [4.69, 9.17) is 0 Å². The Morgan fingerprint density at radius 2 is 2.20 bits per heavy atom. The van der Waals surface area contributed by atoms with Gasteiger partial charge in [0.25, 0.3) is 0 Å². The van der Waals surface area contributed by atoms with Gasteiger partial charge in [-0.15, -0.1) is 0 Å². The smallest absolute Gasteiger partial charge is 0.286 e. The van der Waals surface area contributed by atoms with Gasteiger partial charge in [0.2, 0.25) is 0 Å². The minimum absolute atomic E-state index is 0.220. The average molecular weight is 347 g/mol. The number of aromatic nitrogens is 1. The molecule has 1 aromatic heterocycles. The summed E-state index contributed by atoms with van der Waals surface area (Å²) in [7, 11) is 1.30. The van der Waals surface area contributed by atoms with Crippen LogP contribution < -0.4 is 0 Å². The topological polar surface area (TPSA) is 4.93 Å². The summed E-state index contributed by atoms with van der Waals surface area (Å²) >= 11 is 2.01. The van der Waals surface area contributed by atoms with Gasteiger partial charge < -0.3 is 0 Å². The lowest BCUT2D eigenvalue weighted by Gasteiger charge is -2.26. The van der Waals surface area contributed by atoms with E-state index in [0.717, 1.165) is 12.0 Å². The van der Waals surface area contributed by atoms with Crippen molar-refractivity contribution >= 4 is 30.3 Å². The van der Waals surface area contributed by atoms with Crippen LogP contribution in [0.5, 0.6) is 0 Å². The van der Waals surface area contributed by atoms with E-state index < -0.39 is 12.1 Å². The molecule has 0 saturated carbocycles. The van der Waals surface area contributed by atoms with Gasteiger partial charge in [0.15, 0.2) is 0 Å². The lowest BCUT2D eigenvalue weighted by molar-refractivity contribution is -0.154. The molecule has 0 saturated heterocycles. The maximum absolute atomic E-state index is 12.8. The molecule has 6 heteroatoms. The molecule has 0 aliphatic heterocycles. The third kappa shape index (κ3) is 2.15. The molecular formula is C9H9F3INS. The maximum Gasteiger partial charge on any atom is 0.397 e. The van der Waals surface area contributed by atoms with E-state index in [1.807, 2.05) is 21.2 Å². The summed E-state index contributed by atoms with van der Waals surface area (Å²) in [4.78, 5) is 0. The summed E-state index contributed by atoms with van der Waals surface area (Å²) in [6, 6.07) is 1.80. The van der Waals surface area contributed by atoms with Crippen LogP contribution in [0.15, 0.2) is 12.3 Å². The van der Waals surface area contributed by atoms with E-state index in [1.165, 1.54) is 9.12 Å². The zero-order valence-corrected chi connectivity index (χ0v) is 10.7. The van der Waals surface area contributed by atoms with Crippen molar-refractivity contribution in [3.63, 3.8) is 0 Å². The quantitative estimate of drug-likeness (QED) is 0.685. The van der Waals surface area contributed by atoms with Gasteiger partial charge in [0, 0.05) is 42.2 Å². The maximum atomic E-state index is 12.8. The Morgan fingerprint density at radius 1 is 1.47 bits per heavy atom. The van der Waals surface area contributed by atoms with E-state index in [2.05, 4.69) is 0 Å². The fourth-order valence-corrected chi connectivity index (χ4v) is 3.52. The van der Waals surface area contributed by atoms with Gasteiger partial charge in [0.1, 0.15) is 0 Å². The van der Waals surface area contributed by atoms with Crippen molar-refractivity contribution in [2.75, 3.05) is 0 Å². The zero-order chi connectivity index (χ0) is 11.1. The van der Waals surface area contributed by atoms with Crippen molar-refractivity contribution in [2.45, 2.75) is 31.4 Å². The van der Waals surface area contributed by atoms with Crippen molar-refractivity contribution in [1.29, 1.82) is 0 Å². The molecule has 0 fully saturated rings. The molecule has 1 aliphatic rings. The highest BCUT2D eigenvalue weighted by molar-refractivity contribution is 14.2. The Morgan fingerprint density at radius 3 is 2.80 bits per heavy atom. The number of fused-ring (bicyclic) bond motifs is 1. The van der Waals surface area contributed by atoms with Crippen molar-refractivity contribution in [3.05, 3.63) is 23.5 Å². The second-order valence-corrected chi connectivity index (χ2v) is 5.32. The van der Waals surface area contributed by atoms with E-state index in [-0.39, 0.29) is 6.42 Å². The zero-order valence-electron chi connectivity index (χ0n) is 7.72. The Kier molecular flexibility index (Phi) is 3.25. The van der Waals surface area contributed by atoms with Gasteiger partial charge >= 0.3 is 6.18 Å². The van der Waals surface area contributed by atoms with Crippen LogP contribution in [0.1, 0.15) is 30.0 Å². The van der Waals surface area contributed by atoms with Crippen LogP contribution in [0.3, 0.4) is 0 Å². The van der Waals surface area contributed by atoms with Crippen molar-refractivity contribution in [1.82, 2.24) is 3.97 Å². The Bertz CT molecular complexity index is 347. The third-order valence-corrected chi connectivity index (χ3v) is 4.46. The van der Waals surface area contributed by atoms with E-state index in [9.17, 15) is 13.2 Å². The van der Waals surface area contributed by atoms with Crippen molar-refractivity contribution in [3.8, 4) is 0 Å². The summed E-state index contributed by atoms with van der Waals surface area (Å²) in [6.45, 7) is 0. The number of rotatable bonds is 1. The first-order chi connectivity index (χ1) is 7.04. The number of nitrogens with zero attached hydrogens (tertiary/aromatic N) is 1. The monoisotopic (exact) mass is 347 g/mol. The fourth-order valence-electron chi connectivity index (χ4n) is 2.07. The molecule has 0 amide bonds. The predicted molar refractivity (Wildman–Crippen MR) is 63.2 cm³/mol.